The van der Waals surface area contributed by atoms with E-state index in [9.17, 15) is 4.79 Å². The van der Waals surface area contributed by atoms with Gasteiger partial charge in [-0.2, -0.15) is 0 Å². The van der Waals surface area contributed by atoms with Gasteiger partial charge in [0, 0.05) is 24.9 Å². The highest BCUT2D eigenvalue weighted by molar-refractivity contribution is 7.95. The molecule has 0 spiro atoms. The van der Waals surface area contributed by atoms with Crippen LogP contribution in [-0.2, 0) is 23.4 Å². The molecule has 0 aromatic heterocycles. The topological polar surface area (TPSA) is 66.5 Å². The van der Waals surface area contributed by atoms with Gasteiger partial charge >= 0.3 is 6.16 Å². The van der Waals surface area contributed by atoms with Gasteiger partial charge in [-0.15, -0.1) is 4.89 Å². The summed E-state index contributed by atoms with van der Waals surface area (Å²) in [5.74, 6) is -0.738. The molecule has 2 unspecified atom stereocenters. The molecule has 2 atom stereocenters. The van der Waals surface area contributed by atoms with Crippen molar-refractivity contribution in [2.75, 3.05) is 13.2 Å². The maximum absolute atomic E-state index is 11.1. The monoisotopic (exact) mass is 236 g/mol. The van der Waals surface area contributed by atoms with E-state index in [-0.39, 0.29) is 5.44 Å². The number of epoxide rings is 1. The minimum absolute atomic E-state index is 0.307. The first kappa shape index (κ1) is 11.0. The molecule has 6 nitrogen and oxygen atoms in total. The van der Waals surface area contributed by atoms with Crippen LogP contribution in [-0.4, -0.2) is 30.6 Å². The van der Waals surface area contributed by atoms with Gasteiger partial charge in [-0.25, -0.2) is 4.79 Å². The third-order valence-electron chi connectivity index (χ3n) is 2.11. The van der Waals surface area contributed by atoms with Gasteiger partial charge in [-0.1, -0.05) is 6.92 Å². The Morgan fingerprint density at radius 1 is 1.67 bits per heavy atom. The van der Waals surface area contributed by atoms with Crippen LogP contribution < -0.4 is 0 Å². The van der Waals surface area contributed by atoms with Gasteiger partial charge in [0.1, 0.15) is 6.61 Å². The molecule has 2 fully saturated rings. The molecule has 7 heteroatoms. The lowest BCUT2D eigenvalue weighted by Gasteiger charge is -2.10. The first-order chi connectivity index (χ1) is 7.24. The second kappa shape index (κ2) is 4.56. The van der Waals surface area contributed by atoms with Gasteiger partial charge in [0.05, 0.1) is 6.61 Å². The van der Waals surface area contributed by atoms with E-state index in [0.29, 0.717) is 26.1 Å². The largest absolute Gasteiger partial charge is 0.541 e. The van der Waals surface area contributed by atoms with E-state index in [1.54, 1.807) is 0 Å². The second-order valence-corrected chi connectivity index (χ2v) is 4.18. The van der Waals surface area contributed by atoms with Crippen LogP contribution in [0.25, 0.3) is 0 Å². The van der Waals surface area contributed by atoms with Crippen LogP contribution >= 0.6 is 12.0 Å². The Labute approximate surface area is 91.3 Å². The van der Waals surface area contributed by atoms with E-state index in [2.05, 4.69) is 4.89 Å². The van der Waals surface area contributed by atoms with Crippen molar-refractivity contribution in [1.29, 1.82) is 0 Å². The second-order valence-electron chi connectivity index (χ2n) is 3.22. The number of hydrogen-bond acceptors (Lipinski definition) is 7. The molecule has 2 saturated heterocycles. The summed E-state index contributed by atoms with van der Waals surface area (Å²) >= 11 is 1.12. The Morgan fingerprint density at radius 3 is 3.00 bits per heavy atom. The van der Waals surface area contributed by atoms with E-state index in [1.165, 1.54) is 0 Å². The van der Waals surface area contributed by atoms with Crippen molar-refractivity contribution in [2.24, 2.45) is 0 Å². The normalized spacial score (nSPS) is 33.8. The maximum atomic E-state index is 11.1. The van der Waals surface area contributed by atoms with Gasteiger partial charge in [0.15, 0.2) is 5.44 Å². The number of carbonyl (C=O) groups is 1. The summed E-state index contributed by atoms with van der Waals surface area (Å²) in [5, 5.41) is 0. The minimum atomic E-state index is -0.860. The van der Waals surface area contributed by atoms with Crippen LogP contribution in [0, 0.1) is 0 Å². The summed E-state index contributed by atoms with van der Waals surface area (Å²) in [6.45, 7) is 2.89. The Bertz CT molecular complexity index is 235. The molecule has 0 aromatic carbocycles. The van der Waals surface area contributed by atoms with Crippen LogP contribution in [0.15, 0.2) is 0 Å². The Morgan fingerprint density at radius 2 is 2.47 bits per heavy atom. The first-order valence-corrected chi connectivity index (χ1v) is 5.53. The highest BCUT2D eigenvalue weighted by atomic mass is 32.2. The third kappa shape index (κ3) is 2.97. The van der Waals surface area contributed by atoms with Crippen LogP contribution in [0.3, 0.4) is 0 Å². The molecule has 86 valence electrons. The molecule has 2 heterocycles. The lowest BCUT2D eigenvalue weighted by Crippen LogP contribution is -2.21. The fourth-order valence-electron chi connectivity index (χ4n) is 1.02. The van der Waals surface area contributed by atoms with Crippen molar-refractivity contribution < 1.29 is 28.2 Å². The molecular weight excluding hydrogens is 224 g/mol. The SMILES string of the molecule is CCC1(OOC(=O)OC2CCOS2)CO1. The Balaban J connectivity index is 1.64. The fourth-order valence-corrected chi connectivity index (χ4v) is 1.68. The van der Waals surface area contributed by atoms with Crippen molar-refractivity contribution in [3.63, 3.8) is 0 Å². The number of rotatable bonds is 4. The lowest BCUT2D eigenvalue weighted by atomic mass is 10.3. The summed E-state index contributed by atoms with van der Waals surface area (Å²) in [7, 11) is 0. The van der Waals surface area contributed by atoms with Crippen molar-refractivity contribution in [1.82, 2.24) is 0 Å². The summed E-state index contributed by atoms with van der Waals surface area (Å²) in [6.07, 6.45) is 0.429. The summed E-state index contributed by atoms with van der Waals surface area (Å²) < 4.78 is 14.8. The molecule has 0 amide bonds. The first-order valence-electron chi connectivity index (χ1n) is 4.73. The van der Waals surface area contributed by atoms with Gasteiger partial charge < -0.3 is 13.7 Å². The molecule has 0 N–H and O–H groups in total. The average Bonchev–Trinajstić information content (AvgIpc) is 2.86. The number of hydrogen-bond donors (Lipinski definition) is 0. The molecule has 2 aliphatic heterocycles. The van der Waals surface area contributed by atoms with E-state index >= 15 is 0 Å². The molecule has 2 aliphatic rings. The van der Waals surface area contributed by atoms with Gasteiger partial charge in [0.2, 0.25) is 5.79 Å². The fraction of sp³-hybridized carbons (Fsp3) is 0.875. The van der Waals surface area contributed by atoms with E-state index < -0.39 is 11.9 Å². The molecule has 0 saturated carbocycles. The zero-order valence-electron chi connectivity index (χ0n) is 8.26. The smallest absolute Gasteiger partial charge is 0.415 e. The summed E-state index contributed by atoms with van der Waals surface area (Å²) in [4.78, 5) is 20.4. The van der Waals surface area contributed by atoms with E-state index in [0.717, 1.165) is 12.0 Å². The van der Waals surface area contributed by atoms with Crippen LogP contribution in [0.4, 0.5) is 4.79 Å². The van der Waals surface area contributed by atoms with Gasteiger partial charge in [-0.05, 0) is 0 Å². The molecule has 0 bridgehead atoms. The predicted molar refractivity (Wildman–Crippen MR) is 49.6 cm³/mol. The average molecular weight is 236 g/mol. The van der Waals surface area contributed by atoms with Crippen molar-refractivity contribution in [3.05, 3.63) is 0 Å². The van der Waals surface area contributed by atoms with E-state index in [4.69, 9.17) is 18.5 Å². The van der Waals surface area contributed by atoms with Crippen LogP contribution in [0.2, 0.25) is 0 Å². The number of ether oxygens (including phenoxy) is 2. The van der Waals surface area contributed by atoms with Crippen molar-refractivity contribution in [3.8, 4) is 0 Å². The summed E-state index contributed by atoms with van der Waals surface area (Å²) in [6, 6.07) is 0. The highest BCUT2D eigenvalue weighted by Gasteiger charge is 2.47. The predicted octanol–water partition coefficient (Wildman–Crippen LogP) is 1.60. The molecule has 0 aliphatic carbocycles. The maximum Gasteiger partial charge on any atom is 0.541 e. The van der Waals surface area contributed by atoms with Crippen molar-refractivity contribution in [2.45, 2.75) is 31.0 Å². The molecule has 2 rings (SSSR count). The molecule has 0 aromatic rings. The van der Waals surface area contributed by atoms with E-state index in [1.807, 2.05) is 6.92 Å². The Kier molecular flexibility index (Phi) is 3.35. The quantitative estimate of drug-likeness (QED) is 0.241. The van der Waals surface area contributed by atoms with Crippen LogP contribution in [0.5, 0.6) is 0 Å². The zero-order chi connectivity index (χ0) is 10.7. The highest BCUT2D eigenvalue weighted by Crippen LogP contribution is 2.32. The third-order valence-corrected chi connectivity index (χ3v) is 2.96. The molecular formula is C8H12O6S. The Hall–Kier alpha value is -0.500. The molecule has 0 radical (unpaired) electrons. The van der Waals surface area contributed by atoms with Crippen molar-refractivity contribution >= 4 is 18.2 Å². The van der Waals surface area contributed by atoms with Gasteiger partial charge in [-0.3, -0.25) is 4.89 Å². The standard InChI is InChI=1S/C8H12O6S/c1-2-8(5-10-8)14-13-7(9)12-6-3-4-11-15-6/h6H,2-5H2,1H3. The molecule has 15 heavy (non-hydrogen) atoms. The minimum Gasteiger partial charge on any atom is -0.415 e. The lowest BCUT2D eigenvalue weighted by molar-refractivity contribution is -0.322. The van der Waals surface area contributed by atoms with Gasteiger partial charge in [0.25, 0.3) is 0 Å². The zero-order valence-corrected chi connectivity index (χ0v) is 9.08. The summed E-state index contributed by atoms with van der Waals surface area (Å²) in [5.41, 5.74) is -0.307. The number of carbonyl (C=O) groups excluding carboxylic acids is 1. The van der Waals surface area contributed by atoms with Crippen LogP contribution in [0.1, 0.15) is 19.8 Å².